The number of morpholine rings is 1. The van der Waals surface area contributed by atoms with Crippen LogP contribution in [0.5, 0.6) is 5.75 Å². The van der Waals surface area contributed by atoms with Crippen LogP contribution in [0.4, 0.5) is 11.4 Å². The van der Waals surface area contributed by atoms with Gasteiger partial charge in [-0.15, -0.1) is 0 Å². The summed E-state index contributed by atoms with van der Waals surface area (Å²) in [5.41, 5.74) is 3.83. The second kappa shape index (κ2) is 10.1. The fourth-order valence-corrected chi connectivity index (χ4v) is 3.19. The molecule has 7 nitrogen and oxygen atoms in total. The third-order valence-electron chi connectivity index (χ3n) is 5.03. The molecule has 7 heteroatoms. The maximum atomic E-state index is 12.3. The summed E-state index contributed by atoms with van der Waals surface area (Å²) in [4.78, 5) is 28.3. The maximum Gasteiger partial charge on any atom is 0.260 e. The molecule has 1 fully saturated rings. The highest BCUT2D eigenvalue weighted by atomic mass is 16.5. The second-order valence-electron chi connectivity index (χ2n) is 7.50. The lowest BCUT2D eigenvalue weighted by molar-refractivity contribution is -0.135. The van der Waals surface area contributed by atoms with Crippen molar-refractivity contribution < 1.29 is 19.1 Å². The Kier molecular flexibility index (Phi) is 7.30. The van der Waals surface area contributed by atoms with Gasteiger partial charge in [-0.25, -0.2) is 0 Å². The van der Waals surface area contributed by atoms with Crippen LogP contribution in [0.25, 0.3) is 0 Å². The zero-order valence-electron chi connectivity index (χ0n) is 17.8. The number of ether oxygens (including phenoxy) is 2. The summed E-state index contributed by atoms with van der Waals surface area (Å²) in [6, 6.07) is 13.5. The molecule has 160 valence electrons. The lowest BCUT2D eigenvalue weighted by Gasteiger charge is -2.28. The average molecular weight is 412 g/mol. The van der Waals surface area contributed by atoms with Crippen LogP contribution in [0.3, 0.4) is 0 Å². The Balaban J connectivity index is 1.46. The lowest BCUT2D eigenvalue weighted by Crippen LogP contribution is -2.37. The second-order valence-corrected chi connectivity index (χ2v) is 7.50. The number of aryl methyl sites for hydroxylation is 2. The van der Waals surface area contributed by atoms with Crippen LogP contribution in [0.2, 0.25) is 0 Å². The summed E-state index contributed by atoms with van der Waals surface area (Å²) in [6.07, 6.45) is 0. The van der Waals surface area contributed by atoms with E-state index in [4.69, 9.17) is 9.47 Å². The first-order chi connectivity index (χ1) is 14.4. The molecule has 0 radical (unpaired) electrons. The molecule has 1 aliphatic heterocycles. The molecule has 0 aliphatic carbocycles. The molecule has 30 heavy (non-hydrogen) atoms. The Bertz CT molecular complexity index is 877. The van der Waals surface area contributed by atoms with Crippen LogP contribution in [-0.2, 0) is 14.3 Å². The van der Waals surface area contributed by atoms with Crippen LogP contribution < -0.4 is 15.0 Å². The standard InChI is InChI=1S/C23H29N3O4/c1-17-4-5-18(2)21(14-17)30-16-23(28)25(3)15-22(27)24-19-6-8-20(9-7-19)26-10-12-29-13-11-26/h4-9,14H,10-13,15-16H2,1-3H3,(H,24,27). The fourth-order valence-electron chi connectivity index (χ4n) is 3.19. The summed E-state index contributed by atoms with van der Waals surface area (Å²) < 4.78 is 11.0. The number of hydrogen-bond donors (Lipinski definition) is 1. The minimum atomic E-state index is -0.256. The number of benzene rings is 2. The molecular formula is C23H29N3O4. The maximum absolute atomic E-state index is 12.3. The quantitative estimate of drug-likeness (QED) is 0.758. The molecule has 0 saturated carbocycles. The van der Waals surface area contributed by atoms with Gasteiger partial charge in [0.25, 0.3) is 5.91 Å². The highest BCUT2D eigenvalue weighted by Gasteiger charge is 2.15. The first-order valence-corrected chi connectivity index (χ1v) is 10.1. The van der Waals surface area contributed by atoms with E-state index < -0.39 is 0 Å². The number of carbonyl (C=O) groups excluding carboxylic acids is 2. The van der Waals surface area contributed by atoms with Gasteiger partial charge in [0, 0.05) is 31.5 Å². The highest BCUT2D eigenvalue weighted by molar-refractivity contribution is 5.94. The molecule has 1 aliphatic rings. The van der Waals surface area contributed by atoms with Gasteiger partial charge in [0.05, 0.1) is 19.8 Å². The molecule has 1 N–H and O–H groups in total. The predicted octanol–water partition coefficient (Wildman–Crippen LogP) is 2.62. The normalized spacial score (nSPS) is 13.6. The molecule has 3 rings (SSSR count). The van der Waals surface area contributed by atoms with E-state index in [0.717, 1.165) is 43.1 Å². The number of nitrogens with one attached hydrogen (secondary N) is 1. The minimum Gasteiger partial charge on any atom is -0.483 e. The summed E-state index contributed by atoms with van der Waals surface area (Å²) in [5.74, 6) is 0.173. The first kappa shape index (κ1) is 21.6. The monoisotopic (exact) mass is 411 g/mol. The minimum absolute atomic E-state index is 0.0415. The summed E-state index contributed by atoms with van der Waals surface area (Å²) >= 11 is 0. The highest BCUT2D eigenvalue weighted by Crippen LogP contribution is 2.20. The van der Waals surface area contributed by atoms with Crippen molar-refractivity contribution in [3.8, 4) is 5.75 Å². The zero-order valence-corrected chi connectivity index (χ0v) is 17.8. The van der Waals surface area contributed by atoms with Gasteiger partial charge >= 0.3 is 0 Å². The molecule has 0 unspecified atom stereocenters. The van der Waals surface area contributed by atoms with E-state index in [1.54, 1.807) is 7.05 Å². The Morgan fingerprint density at radius 3 is 2.50 bits per heavy atom. The van der Waals surface area contributed by atoms with E-state index in [-0.39, 0.29) is 25.0 Å². The largest absolute Gasteiger partial charge is 0.483 e. The van der Waals surface area contributed by atoms with Gasteiger partial charge < -0.3 is 24.6 Å². The molecule has 0 aromatic heterocycles. The molecule has 2 aromatic carbocycles. The number of anilines is 2. The van der Waals surface area contributed by atoms with Crippen LogP contribution in [-0.4, -0.2) is 63.2 Å². The van der Waals surface area contributed by atoms with E-state index in [0.29, 0.717) is 11.4 Å². The van der Waals surface area contributed by atoms with Crippen molar-refractivity contribution in [2.45, 2.75) is 13.8 Å². The summed E-state index contributed by atoms with van der Waals surface area (Å²) in [5, 5.41) is 2.83. The Hall–Kier alpha value is -3.06. The Morgan fingerprint density at radius 2 is 1.80 bits per heavy atom. The van der Waals surface area contributed by atoms with Crippen molar-refractivity contribution in [1.82, 2.24) is 4.90 Å². The topological polar surface area (TPSA) is 71.1 Å². The number of likely N-dealkylation sites (N-methyl/N-ethyl adjacent to an activating group) is 1. The molecule has 1 heterocycles. The molecule has 2 aromatic rings. The van der Waals surface area contributed by atoms with Gasteiger partial charge in [-0.05, 0) is 55.3 Å². The fraction of sp³-hybridized carbons (Fsp3) is 0.391. The van der Waals surface area contributed by atoms with Crippen LogP contribution >= 0.6 is 0 Å². The van der Waals surface area contributed by atoms with Gasteiger partial charge in [0.15, 0.2) is 6.61 Å². The van der Waals surface area contributed by atoms with Crippen molar-refractivity contribution in [1.29, 1.82) is 0 Å². The molecular weight excluding hydrogens is 382 g/mol. The van der Waals surface area contributed by atoms with Gasteiger partial charge in [-0.2, -0.15) is 0 Å². The van der Waals surface area contributed by atoms with E-state index in [1.165, 1.54) is 4.90 Å². The predicted molar refractivity (Wildman–Crippen MR) is 117 cm³/mol. The first-order valence-electron chi connectivity index (χ1n) is 10.1. The van der Waals surface area contributed by atoms with Crippen molar-refractivity contribution >= 4 is 23.2 Å². The van der Waals surface area contributed by atoms with Gasteiger partial charge in [0.2, 0.25) is 5.91 Å². The van der Waals surface area contributed by atoms with Gasteiger partial charge in [-0.3, -0.25) is 9.59 Å². The smallest absolute Gasteiger partial charge is 0.260 e. The van der Waals surface area contributed by atoms with Crippen LogP contribution in [0.1, 0.15) is 11.1 Å². The van der Waals surface area contributed by atoms with Crippen LogP contribution in [0.15, 0.2) is 42.5 Å². The van der Waals surface area contributed by atoms with E-state index in [2.05, 4.69) is 10.2 Å². The van der Waals surface area contributed by atoms with Crippen LogP contribution in [0, 0.1) is 13.8 Å². The average Bonchev–Trinajstić information content (AvgIpc) is 2.75. The van der Waals surface area contributed by atoms with Crippen molar-refractivity contribution in [2.75, 3.05) is 56.7 Å². The molecule has 0 bridgehead atoms. The third-order valence-corrected chi connectivity index (χ3v) is 5.03. The zero-order chi connectivity index (χ0) is 21.5. The van der Waals surface area contributed by atoms with Gasteiger partial charge in [-0.1, -0.05) is 12.1 Å². The van der Waals surface area contributed by atoms with Crippen molar-refractivity contribution in [2.24, 2.45) is 0 Å². The number of rotatable bonds is 7. The van der Waals surface area contributed by atoms with Gasteiger partial charge in [0.1, 0.15) is 5.75 Å². The summed E-state index contributed by atoms with van der Waals surface area (Å²) in [7, 11) is 1.59. The van der Waals surface area contributed by atoms with Crippen molar-refractivity contribution in [3.63, 3.8) is 0 Å². The van der Waals surface area contributed by atoms with E-state index >= 15 is 0 Å². The summed E-state index contributed by atoms with van der Waals surface area (Å²) in [6.45, 7) is 6.94. The van der Waals surface area contributed by atoms with Crippen molar-refractivity contribution in [3.05, 3.63) is 53.6 Å². The number of amides is 2. The Labute approximate surface area is 177 Å². The molecule has 0 atom stereocenters. The third kappa shape index (κ3) is 5.97. The lowest BCUT2D eigenvalue weighted by atomic mass is 10.1. The number of nitrogens with zero attached hydrogens (tertiary/aromatic N) is 2. The molecule has 2 amide bonds. The number of hydrogen-bond acceptors (Lipinski definition) is 5. The van der Waals surface area contributed by atoms with E-state index in [9.17, 15) is 9.59 Å². The number of carbonyl (C=O) groups is 2. The molecule has 1 saturated heterocycles. The molecule has 0 spiro atoms. The van der Waals surface area contributed by atoms with E-state index in [1.807, 2.05) is 56.3 Å². The Morgan fingerprint density at radius 1 is 1.10 bits per heavy atom. The SMILES string of the molecule is Cc1ccc(C)c(OCC(=O)N(C)CC(=O)Nc2ccc(N3CCOCC3)cc2)c1.